The lowest BCUT2D eigenvalue weighted by Gasteiger charge is -2.16. The minimum atomic E-state index is 0. The van der Waals surface area contributed by atoms with Crippen LogP contribution in [-0.2, 0) is 11.3 Å². The largest absolute Gasteiger partial charge is 0.493 e. The first-order chi connectivity index (χ1) is 11.2. The van der Waals surface area contributed by atoms with Crippen molar-refractivity contribution in [3.05, 3.63) is 17.7 Å². The van der Waals surface area contributed by atoms with Crippen molar-refractivity contribution in [1.82, 2.24) is 10.6 Å². The van der Waals surface area contributed by atoms with Crippen LogP contribution in [0.25, 0.3) is 0 Å². The van der Waals surface area contributed by atoms with Gasteiger partial charge < -0.3 is 29.6 Å². The lowest BCUT2D eigenvalue weighted by Crippen LogP contribution is -2.38. The molecule has 0 aromatic heterocycles. The summed E-state index contributed by atoms with van der Waals surface area (Å²) in [7, 11) is 6.51. The highest BCUT2D eigenvalue weighted by Crippen LogP contribution is 2.38. The highest BCUT2D eigenvalue weighted by atomic mass is 127. The van der Waals surface area contributed by atoms with Gasteiger partial charge >= 0.3 is 0 Å². The molecule has 0 saturated heterocycles. The molecule has 0 aliphatic carbocycles. The third kappa shape index (κ3) is 7.00. The van der Waals surface area contributed by atoms with Gasteiger partial charge in [-0.05, 0) is 24.6 Å². The second-order valence-corrected chi connectivity index (χ2v) is 4.58. The molecule has 0 aliphatic rings. The number of nitrogens with zero attached hydrogens (tertiary/aromatic N) is 1. The predicted octanol–water partition coefficient (Wildman–Crippen LogP) is 2.03. The second kappa shape index (κ2) is 12.9. The number of benzene rings is 1. The van der Waals surface area contributed by atoms with Gasteiger partial charge in [-0.25, -0.2) is 0 Å². The molecule has 0 amide bonds. The fraction of sp³-hybridized carbons (Fsp3) is 0.562. The summed E-state index contributed by atoms with van der Waals surface area (Å²) in [6, 6.07) is 3.81. The van der Waals surface area contributed by atoms with Gasteiger partial charge in [0.25, 0.3) is 0 Å². The van der Waals surface area contributed by atoms with Crippen molar-refractivity contribution in [1.29, 1.82) is 0 Å². The number of nitrogens with one attached hydrogen (secondary N) is 2. The molecule has 0 heterocycles. The Kier molecular flexibility index (Phi) is 12.2. The van der Waals surface area contributed by atoms with E-state index in [1.54, 1.807) is 28.4 Å². The lowest BCUT2D eigenvalue weighted by molar-refractivity contribution is 0.152. The summed E-state index contributed by atoms with van der Waals surface area (Å²) in [4.78, 5) is 4.17. The van der Waals surface area contributed by atoms with E-state index >= 15 is 0 Å². The first-order valence-corrected chi connectivity index (χ1v) is 7.51. The van der Waals surface area contributed by atoms with Crippen molar-refractivity contribution < 1.29 is 18.9 Å². The molecule has 1 rings (SSSR count). The summed E-state index contributed by atoms with van der Waals surface area (Å²) in [5.74, 6) is 2.54. The van der Waals surface area contributed by atoms with Crippen molar-refractivity contribution in [3.8, 4) is 17.2 Å². The zero-order valence-electron chi connectivity index (χ0n) is 15.0. The maximum Gasteiger partial charge on any atom is 0.203 e. The summed E-state index contributed by atoms with van der Waals surface area (Å²) in [6.45, 7) is 4.59. The average Bonchev–Trinajstić information content (AvgIpc) is 2.59. The molecule has 1 aromatic carbocycles. The van der Waals surface area contributed by atoms with Crippen LogP contribution in [0, 0.1) is 0 Å². The Morgan fingerprint density at radius 3 is 2.12 bits per heavy atom. The molecule has 0 bridgehead atoms. The minimum Gasteiger partial charge on any atom is -0.493 e. The Hall–Kier alpha value is -1.42. The average molecular weight is 453 g/mol. The maximum atomic E-state index is 5.35. The molecule has 7 nitrogen and oxygen atoms in total. The van der Waals surface area contributed by atoms with E-state index < -0.39 is 0 Å². The predicted molar refractivity (Wildman–Crippen MR) is 106 cm³/mol. The van der Waals surface area contributed by atoms with E-state index in [1.807, 2.05) is 19.1 Å². The molecular weight excluding hydrogens is 425 g/mol. The van der Waals surface area contributed by atoms with Crippen molar-refractivity contribution in [2.24, 2.45) is 4.99 Å². The first-order valence-electron chi connectivity index (χ1n) is 7.51. The van der Waals surface area contributed by atoms with Gasteiger partial charge in [-0.1, -0.05) is 0 Å². The summed E-state index contributed by atoms with van der Waals surface area (Å²) in [5.41, 5.74) is 0.993. The van der Waals surface area contributed by atoms with Crippen LogP contribution in [0.2, 0.25) is 0 Å². The van der Waals surface area contributed by atoms with Crippen molar-refractivity contribution in [2.75, 3.05) is 48.1 Å². The summed E-state index contributed by atoms with van der Waals surface area (Å²) >= 11 is 0. The van der Waals surface area contributed by atoms with Crippen LogP contribution in [0.5, 0.6) is 17.2 Å². The zero-order chi connectivity index (χ0) is 17.1. The Bertz CT molecular complexity index is 487. The summed E-state index contributed by atoms with van der Waals surface area (Å²) in [5, 5.41) is 6.42. The Balaban J connectivity index is 0.00000529. The monoisotopic (exact) mass is 453 g/mol. The van der Waals surface area contributed by atoms with E-state index in [0.717, 1.165) is 5.56 Å². The molecule has 24 heavy (non-hydrogen) atoms. The van der Waals surface area contributed by atoms with Gasteiger partial charge in [0.05, 0.1) is 27.9 Å². The number of halogens is 1. The van der Waals surface area contributed by atoms with Crippen LogP contribution in [0.4, 0.5) is 0 Å². The Morgan fingerprint density at radius 1 is 1.04 bits per heavy atom. The van der Waals surface area contributed by atoms with Crippen molar-refractivity contribution >= 4 is 29.9 Å². The second-order valence-electron chi connectivity index (χ2n) is 4.58. The first kappa shape index (κ1) is 22.6. The molecule has 0 fully saturated rings. The SMILES string of the molecule is CCOCCNC(=NC)NCc1cc(OC)c(OC)c(OC)c1.I. The van der Waals surface area contributed by atoms with Gasteiger partial charge in [-0.3, -0.25) is 4.99 Å². The number of rotatable bonds is 9. The molecule has 0 spiro atoms. The van der Waals surface area contributed by atoms with Crippen LogP contribution in [-0.4, -0.2) is 54.1 Å². The topological polar surface area (TPSA) is 73.3 Å². The molecule has 0 radical (unpaired) electrons. The van der Waals surface area contributed by atoms with E-state index in [-0.39, 0.29) is 24.0 Å². The molecule has 0 aliphatic heterocycles. The number of hydrogen-bond donors (Lipinski definition) is 2. The van der Waals surface area contributed by atoms with Crippen molar-refractivity contribution in [2.45, 2.75) is 13.5 Å². The van der Waals surface area contributed by atoms with Crippen LogP contribution in [0.15, 0.2) is 17.1 Å². The fourth-order valence-corrected chi connectivity index (χ4v) is 2.03. The number of guanidine groups is 1. The lowest BCUT2D eigenvalue weighted by atomic mass is 10.2. The highest BCUT2D eigenvalue weighted by Gasteiger charge is 2.13. The van der Waals surface area contributed by atoms with Crippen LogP contribution >= 0.6 is 24.0 Å². The fourth-order valence-electron chi connectivity index (χ4n) is 2.03. The van der Waals surface area contributed by atoms with Gasteiger partial charge in [-0.15, -0.1) is 24.0 Å². The van der Waals surface area contributed by atoms with Gasteiger partial charge in [0.15, 0.2) is 17.5 Å². The molecule has 8 heteroatoms. The molecule has 0 atom stereocenters. The molecular formula is C16H28IN3O4. The normalized spacial score (nSPS) is 10.6. The van der Waals surface area contributed by atoms with E-state index in [2.05, 4.69) is 15.6 Å². The minimum absolute atomic E-state index is 0. The smallest absolute Gasteiger partial charge is 0.203 e. The quantitative estimate of drug-likeness (QED) is 0.258. The van der Waals surface area contributed by atoms with Gasteiger partial charge in [0.1, 0.15) is 0 Å². The summed E-state index contributed by atoms with van der Waals surface area (Å²) in [6.07, 6.45) is 0. The molecule has 0 saturated carbocycles. The standard InChI is InChI=1S/C16H27N3O4.HI/c1-6-23-8-7-18-16(17-2)19-11-12-9-13(20-3)15(22-5)14(10-12)21-4;/h9-10H,6-8,11H2,1-5H3,(H2,17,18,19);1H. The molecule has 0 unspecified atom stereocenters. The molecule has 2 N–H and O–H groups in total. The number of aliphatic imine (C=N–C) groups is 1. The number of ether oxygens (including phenoxy) is 4. The van der Waals surface area contributed by atoms with E-state index in [9.17, 15) is 0 Å². The third-order valence-corrected chi connectivity index (χ3v) is 3.15. The van der Waals surface area contributed by atoms with Gasteiger partial charge in [0.2, 0.25) is 5.75 Å². The van der Waals surface area contributed by atoms with Crippen LogP contribution in [0.1, 0.15) is 12.5 Å². The third-order valence-electron chi connectivity index (χ3n) is 3.15. The Morgan fingerprint density at radius 2 is 1.67 bits per heavy atom. The van der Waals surface area contributed by atoms with E-state index in [0.29, 0.717) is 49.5 Å². The summed E-state index contributed by atoms with van der Waals surface area (Å²) < 4.78 is 21.3. The van der Waals surface area contributed by atoms with Crippen LogP contribution < -0.4 is 24.8 Å². The van der Waals surface area contributed by atoms with Crippen LogP contribution in [0.3, 0.4) is 0 Å². The molecule has 1 aromatic rings. The Labute approximate surface area is 161 Å². The van der Waals surface area contributed by atoms with E-state index in [4.69, 9.17) is 18.9 Å². The number of hydrogen-bond acceptors (Lipinski definition) is 5. The van der Waals surface area contributed by atoms with Gasteiger partial charge in [0, 0.05) is 26.7 Å². The molecule has 138 valence electrons. The zero-order valence-corrected chi connectivity index (χ0v) is 17.3. The highest BCUT2D eigenvalue weighted by molar-refractivity contribution is 14.0. The van der Waals surface area contributed by atoms with Gasteiger partial charge in [-0.2, -0.15) is 0 Å². The van der Waals surface area contributed by atoms with E-state index in [1.165, 1.54) is 0 Å². The maximum absolute atomic E-state index is 5.35. The number of methoxy groups -OCH3 is 3. The van der Waals surface area contributed by atoms with Crippen molar-refractivity contribution in [3.63, 3.8) is 0 Å².